The van der Waals surface area contributed by atoms with E-state index in [4.69, 9.17) is 0 Å². The fraction of sp³-hybridized carbons (Fsp3) is 0.375. The maximum atomic E-state index is 12.9. The van der Waals surface area contributed by atoms with Gasteiger partial charge in [-0.25, -0.2) is 0 Å². The van der Waals surface area contributed by atoms with Gasteiger partial charge in [0.15, 0.2) is 0 Å². The lowest BCUT2D eigenvalue weighted by Gasteiger charge is -2.24. The lowest BCUT2D eigenvalue weighted by molar-refractivity contribution is -0.135. The Balaban J connectivity index is 1.48. The van der Waals surface area contributed by atoms with Crippen LogP contribution in [0.15, 0.2) is 60.7 Å². The fourth-order valence-electron chi connectivity index (χ4n) is 3.62. The summed E-state index contributed by atoms with van der Waals surface area (Å²) in [7, 11) is 0. The van der Waals surface area contributed by atoms with Crippen molar-refractivity contribution in [3.05, 3.63) is 71.8 Å². The average Bonchev–Trinajstić information content (AvgIpc) is 3.32. The first-order valence-electron chi connectivity index (χ1n) is 10.6. The molecular formula is C24H29N3O3. The van der Waals surface area contributed by atoms with E-state index in [0.717, 1.165) is 31.5 Å². The quantitative estimate of drug-likeness (QED) is 0.627. The minimum atomic E-state index is -0.558. The van der Waals surface area contributed by atoms with Gasteiger partial charge >= 0.3 is 0 Å². The maximum Gasteiger partial charge on any atom is 0.251 e. The molecule has 3 amide bonds. The number of rotatable bonds is 9. The van der Waals surface area contributed by atoms with Gasteiger partial charge in [-0.05, 0) is 37.0 Å². The summed E-state index contributed by atoms with van der Waals surface area (Å²) < 4.78 is 0. The molecule has 1 aliphatic rings. The zero-order valence-electron chi connectivity index (χ0n) is 17.2. The van der Waals surface area contributed by atoms with Gasteiger partial charge in [0.05, 0.1) is 0 Å². The van der Waals surface area contributed by atoms with Crippen LogP contribution in [0.5, 0.6) is 0 Å². The summed E-state index contributed by atoms with van der Waals surface area (Å²) in [5, 5.41) is 5.74. The first-order chi connectivity index (χ1) is 14.6. The van der Waals surface area contributed by atoms with E-state index in [2.05, 4.69) is 10.6 Å². The summed E-state index contributed by atoms with van der Waals surface area (Å²) >= 11 is 0. The highest BCUT2D eigenvalue weighted by Gasteiger charge is 2.27. The summed E-state index contributed by atoms with van der Waals surface area (Å²) in [6, 6.07) is 18.2. The largest absolute Gasteiger partial charge is 0.352 e. The van der Waals surface area contributed by atoms with Crippen LogP contribution in [0.2, 0.25) is 0 Å². The Hall–Kier alpha value is -3.15. The predicted molar refractivity (Wildman–Crippen MR) is 116 cm³/mol. The monoisotopic (exact) mass is 407 g/mol. The van der Waals surface area contributed by atoms with Crippen molar-refractivity contribution in [1.29, 1.82) is 0 Å². The zero-order valence-corrected chi connectivity index (χ0v) is 17.2. The van der Waals surface area contributed by atoms with Crippen molar-refractivity contribution >= 4 is 17.7 Å². The topological polar surface area (TPSA) is 78.5 Å². The lowest BCUT2D eigenvalue weighted by atomic mass is 10.0. The standard InChI is InChI=1S/C24H29N3O3/c28-22(14-9-15-25-23(29)20-12-5-2-6-13-20)26-21(18-19-10-3-1-4-11-19)24(30)27-16-7-8-17-27/h1-6,10-13,21H,7-9,14-18H2,(H,25,29)(H,26,28). The average molecular weight is 408 g/mol. The number of amides is 3. The molecule has 158 valence electrons. The molecule has 0 spiro atoms. The third kappa shape index (κ3) is 6.44. The molecule has 2 N–H and O–H groups in total. The van der Waals surface area contributed by atoms with Crippen molar-refractivity contribution < 1.29 is 14.4 Å². The fourth-order valence-corrected chi connectivity index (χ4v) is 3.62. The number of nitrogens with zero attached hydrogens (tertiary/aromatic N) is 1. The molecule has 1 aliphatic heterocycles. The van der Waals surface area contributed by atoms with Crippen molar-refractivity contribution in [3.63, 3.8) is 0 Å². The molecule has 30 heavy (non-hydrogen) atoms. The lowest BCUT2D eigenvalue weighted by Crippen LogP contribution is -2.49. The molecule has 0 radical (unpaired) electrons. The molecule has 1 heterocycles. The number of hydrogen-bond donors (Lipinski definition) is 2. The molecule has 1 saturated heterocycles. The number of carbonyl (C=O) groups excluding carboxylic acids is 3. The minimum Gasteiger partial charge on any atom is -0.352 e. The van der Waals surface area contributed by atoms with E-state index in [-0.39, 0.29) is 24.1 Å². The van der Waals surface area contributed by atoms with Crippen molar-refractivity contribution in [2.75, 3.05) is 19.6 Å². The molecule has 2 aromatic carbocycles. The predicted octanol–water partition coefficient (Wildman–Crippen LogP) is 2.55. The van der Waals surface area contributed by atoms with E-state index in [0.29, 0.717) is 24.9 Å². The van der Waals surface area contributed by atoms with Crippen LogP contribution in [0.25, 0.3) is 0 Å². The van der Waals surface area contributed by atoms with E-state index < -0.39 is 6.04 Å². The Labute approximate surface area is 177 Å². The third-order valence-corrected chi connectivity index (χ3v) is 5.24. The molecule has 6 nitrogen and oxygen atoms in total. The van der Waals surface area contributed by atoms with E-state index in [1.165, 1.54) is 0 Å². The van der Waals surface area contributed by atoms with Gasteiger partial charge in [0.1, 0.15) is 6.04 Å². The van der Waals surface area contributed by atoms with Gasteiger partial charge in [0.2, 0.25) is 11.8 Å². The van der Waals surface area contributed by atoms with Gasteiger partial charge in [0, 0.05) is 38.0 Å². The van der Waals surface area contributed by atoms with Gasteiger partial charge in [0.25, 0.3) is 5.91 Å². The summed E-state index contributed by atoms with van der Waals surface area (Å²) in [5.41, 5.74) is 1.62. The first-order valence-corrected chi connectivity index (χ1v) is 10.6. The normalized spacial score (nSPS) is 14.2. The second-order valence-electron chi connectivity index (χ2n) is 7.57. The molecular weight excluding hydrogens is 378 g/mol. The van der Waals surface area contributed by atoms with Crippen LogP contribution in [-0.2, 0) is 16.0 Å². The molecule has 1 unspecified atom stereocenters. The maximum absolute atomic E-state index is 12.9. The second kappa shape index (κ2) is 11.1. The SMILES string of the molecule is O=C(CCCNC(=O)c1ccccc1)NC(Cc1ccccc1)C(=O)N1CCCC1. The number of carbonyl (C=O) groups is 3. The molecule has 0 bridgehead atoms. The minimum absolute atomic E-state index is 0.0120. The summed E-state index contributed by atoms with van der Waals surface area (Å²) in [5.74, 6) is -0.332. The third-order valence-electron chi connectivity index (χ3n) is 5.24. The van der Waals surface area contributed by atoms with Crippen LogP contribution in [0, 0.1) is 0 Å². The van der Waals surface area contributed by atoms with Gasteiger partial charge in [-0.2, -0.15) is 0 Å². The van der Waals surface area contributed by atoms with Crippen LogP contribution < -0.4 is 10.6 Å². The van der Waals surface area contributed by atoms with Crippen molar-refractivity contribution in [2.45, 2.75) is 38.1 Å². The Morgan fingerprint density at radius 2 is 1.53 bits per heavy atom. The second-order valence-corrected chi connectivity index (χ2v) is 7.57. The molecule has 1 atom stereocenters. The summed E-state index contributed by atoms with van der Waals surface area (Å²) in [6.45, 7) is 1.92. The first kappa shape index (κ1) is 21.6. The number of nitrogens with one attached hydrogen (secondary N) is 2. The number of benzene rings is 2. The van der Waals surface area contributed by atoms with Crippen LogP contribution in [0.3, 0.4) is 0 Å². The summed E-state index contributed by atoms with van der Waals surface area (Å²) in [4.78, 5) is 39.3. The molecule has 0 saturated carbocycles. The van der Waals surface area contributed by atoms with Crippen LogP contribution >= 0.6 is 0 Å². The number of likely N-dealkylation sites (tertiary alicyclic amines) is 1. The van der Waals surface area contributed by atoms with E-state index in [9.17, 15) is 14.4 Å². The van der Waals surface area contributed by atoms with Gasteiger partial charge < -0.3 is 15.5 Å². The van der Waals surface area contributed by atoms with Gasteiger partial charge in [-0.3, -0.25) is 14.4 Å². The van der Waals surface area contributed by atoms with Crippen molar-refractivity contribution in [2.24, 2.45) is 0 Å². The Morgan fingerprint density at radius 1 is 0.900 bits per heavy atom. The van der Waals surface area contributed by atoms with E-state index in [1.54, 1.807) is 12.1 Å². The highest BCUT2D eigenvalue weighted by Crippen LogP contribution is 2.12. The Bertz CT molecular complexity index is 833. The molecule has 0 aliphatic carbocycles. The Kier molecular flexibility index (Phi) is 8.01. The van der Waals surface area contributed by atoms with Crippen LogP contribution in [0.1, 0.15) is 41.6 Å². The zero-order chi connectivity index (χ0) is 21.2. The molecule has 0 aromatic heterocycles. The molecule has 3 rings (SSSR count). The van der Waals surface area contributed by atoms with Crippen molar-refractivity contribution in [3.8, 4) is 0 Å². The smallest absolute Gasteiger partial charge is 0.251 e. The Morgan fingerprint density at radius 3 is 2.20 bits per heavy atom. The van der Waals surface area contributed by atoms with Crippen LogP contribution in [0.4, 0.5) is 0 Å². The highest BCUT2D eigenvalue weighted by molar-refractivity contribution is 5.94. The van der Waals surface area contributed by atoms with E-state index >= 15 is 0 Å². The van der Waals surface area contributed by atoms with Crippen molar-refractivity contribution in [1.82, 2.24) is 15.5 Å². The highest BCUT2D eigenvalue weighted by atomic mass is 16.2. The summed E-state index contributed by atoms with van der Waals surface area (Å²) in [6.07, 6.45) is 3.28. The molecule has 6 heteroatoms. The van der Waals surface area contributed by atoms with E-state index in [1.807, 2.05) is 53.4 Å². The van der Waals surface area contributed by atoms with Gasteiger partial charge in [-0.15, -0.1) is 0 Å². The van der Waals surface area contributed by atoms with Crippen LogP contribution in [-0.4, -0.2) is 48.3 Å². The molecule has 1 fully saturated rings. The molecule has 2 aromatic rings. The number of hydrogen-bond acceptors (Lipinski definition) is 3. The van der Waals surface area contributed by atoms with Gasteiger partial charge in [-0.1, -0.05) is 48.5 Å².